The van der Waals surface area contributed by atoms with E-state index in [9.17, 15) is 9.90 Å². The molecular weight excluding hydrogens is 308 g/mol. The Kier molecular flexibility index (Phi) is 5.83. The normalized spacial score (nSPS) is 12.0. The summed E-state index contributed by atoms with van der Waals surface area (Å²) >= 11 is 6.08. The summed E-state index contributed by atoms with van der Waals surface area (Å²) in [5.74, 6) is 0.392. The molecule has 118 valence electrons. The van der Waals surface area contributed by atoms with E-state index in [0.29, 0.717) is 22.0 Å². The number of benzene rings is 1. The van der Waals surface area contributed by atoms with Gasteiger partial charge in [0.25, 0.3) is 0 Å². The minimum atomic E-state index is -0.904. The van der Waals surface area contributed by atoms with Crippen LogP contribution in [0.2, 0.25) is 5.02 Å². The van der Waals surface area contributed by atoms with Crippen molar-refractivity contribution < 1.29 is 19.1 Å². The number of hydrogen-bond acceptors (Lipinski definition) is 4. The van der Waals surface area contributed by atoms with Crippen molar-refractivity contribution in [2.75, 3.05) is 19.0 Å². The van der Waals surface area contributed by atoms with Gasteiger partial charge in [-0.05, 0) is 24.3 Å². The third kappa shape index (κ3) is 4.24. The van der Waals surface area contributed by atoms with Crippen molar-refractivity contribution in [3.05, 3.63) is 52.9 Å². The first-order chi connectivity index (χ1) is 10.6. The first kappa shape index (κ1) is 16.4. The summed E-state index contributed by atoms with van der Waals surface area (Å²) < 4.78 is 10.1. The fourth-order valence-corrected chi connectivity index (χ4v) is 2.13. The minimum Gasteiger partial charge on any atom is -0.467 e. The molecule has 0 aliphatic carbocycles. The van der Waals surface area contributed by atoms with Gasteiger partial charge in [0.1, 0.15) is 11.9 Å². The second kappa shape index (κ2) is 7.84. The monoisotopic (exact) mass is 324 g/mol. The predicted octanol–water partition coefficient (Wildman–Crippen LogP) is 2.93. The van der Waals surface area contributed by atoms with Crippen LogP contribution in [0.3, 0.4) is 0 Å². The summed E-state index contributed by atoms with van der Waals surface area (Å²) in [6.45, 7) is 0.309. The highest BCUT2D eigenvalue weighted by Crippen LogP contribution is 2.25. The lowest BCUT2D eigenvalue weighted by atomic mass is 10.2. The van der Waals surface area contributed by atoms with Gasteiger partial charge < -0.3 is 24.9 Å². The molecule has 1 aromatic carbocycles. The van der Waals surface area contributed by atoms with E-state index in [-0.39, 0.29) is 13.2 Å². The number of carbonyl (C=O) groups is 1. The maximum atomic E-state index is 11.9. The summed E-state index contributed by atoms with van der Waals surface area (Å²) in [7, 11) is 1.55. The number of amides is 2. The number of methoxy groups -OCH3 is 1. The molecule has 2 aromatic rings. The topological polar surface area (TPSA) is 83.7 Å². The number of hydrogen-bond donors (Lipinski definition) is 3. The number of urea groups is 1. The Labute approximate surface area is 133 Å². The molecular formula is C15H17ClN2O4. The number of rotatable bonds is 6. The van der Waals surface area contributed by atoms with Crippen molar-refractivity contribution in [2.45, 2.75) is 12.7 Å². The molecule has 1 heterocycles. The summed E-state index contributed by atoms with van der Waals surface area (Å²) in [5, 5.41) is 15.6. The van der Waals surface area contributed by atoms with Crippen molar-refractivity contribution in [3.63, 3.8) is 0 Å². The summed E-state index contributed by atoms with van der Waals surface area (Å²) in [4.78, 5) is 11.9. The van der Waals surface area contributed by atoms with Crippen LogP contribution in [0.25, 0.3) is 0 Å². The van der Waals surface area contributed by atoms with Crippen molar-refractivity contribution >= 4 is 23.3 Å². The van der Waals surface area contributed by atoms with Crippen LogP contribution in [0.15, 0.2) is 41.0 Å². The van der Waals surface area contributed by atoms with Crippen LogP contribution in [-0.4, -0.2) is 24.8 Å². The van der Waals surface area contributed by atoms with Crippen LogP contribution < -0.4 is 10.6 Å². The molecule has 0 aliphatic heterocycles. The van der Waals surface area contributed by atoms with Gasteiger partial charge in [-0.1, -0.05) is 17.7 Å². The second-order valence-corrected chi connectivity index (χ2v) is 4.97. The quantitative estimate of drug-likeness (QED) is 0.763. The summed E-state index contributed by atoms with van der Waals surface area (Å²) in [5.41, 5.74) is 1.24. The fraction of sp³-hybridized carbons (Fsp3) is 0.267. The molecule has 0 bridgehead atoms. The van der Waals surface area contributed by atoms with Gasteiger partial charge in [-0.2, -0.15) is 0 Å². The second-order valence-electron chi connectivity index (χ2n) is 4.57. The van der Waals surface area contributed by atoms with Gasteiger partial charge >= 0.3 is 6.03 Å². The Hall–Kier alpha value is -2.02. The first-order valence-electron chi connectivity index (χ1n) is 6.64. The molecule has 1 aromatic heterocycles. The zero-order valence-corrected chi connectivity index (χ0v) is 12.8. The molecule has 0 radical (unpaired) electrons. The van der Waals surface area contributed by atoms with E-state index in [0.717, 1.165) is 0 Å². The van der Waals surface area contributed by atoms with E-state index < -0.39 is 12.1 Å². The van der Waals surface area contributed by atoms with Crippen LogP contribution in [0.4, 0.5) is 10.5 Å². The number of anilines is 1. The van der Waals surface area contributed by atoms with Crippen LogP contribution in [-0.2, 0) is 11.3 Å². The van der Waals surface area contributed by atoms with E-state index >= 15 is 0 Å². The van der Waals surface area contributed by atoms with Crippen LogP contribution in [0, 0.1) is 0 Å². The Morgan fingerprint density at radius 3 is 2.91 bits per heavy atom. The number of halogens is 1. The number of aliphatic hydroxyl groups is 1. The molecule has 2 amide bonds. The van der Waals surface area contributed by atoms with E-state index in [1.807, 2.05) is 0 Å². The van der Waals surface area contributed by atoms with Crippen LogP contribution in [0.1, 0.15) is 17.4 Å². The van der Waals surface area contributed by atoms with Gasteiger partial charge in [-0.15, -0.1) is 0 Å². The molecule has 3 N–H and O–H groups in total. The largest absolute Gasteiger partial charge is 0.467 e. The molecule has 6 nitrogen and oxygen atoms in total. The number of ether oxygens (including phenoxy) is 1. The van der Waals surface area contributed by atoms with E-state index in [1.54, 1.807) is 37.4 Å². The Morgan fingerprint density at radius 2 is 2.23 bits per heavy atom. The van der Waals surface area contributed by atoms with Crippen LogP contribution >= 0.6 is 11.6 Å². The lowest BCUT2D eigenvalue weighted by Crippen LogP contribution is -2.32. The van der Waals surface area contributed by atoms with Gasteiger partial charge in [0.2, 0.25) is 0 Å². The highest BCUT2D eigenvalue weighted by molar-refractivity contribution is 6.31. The van der Waals surface area contributed by atoms with E-state index in [2.05, 4.69) is 10.6 Å². The Bertz CT molecular complexity index is 616. The molecule has 0 saturated carbocycles. The Balaban J connectivity index is 1.93. The summed E-state index contributed by atoms with van der Waals surface area (Å²) in [6.07, 6.45) is 0.556. The summed E-state index contributed by atoms with van der Waals surface area (Å²) in [6, 6.07) is 8.03. The smallest absolute Gasteiger partial charge is 0.319 e. The lowest BCUT2D eigenvalue weighted by Gasteiger charge is -2.14. The Morgan fingerprint density at radius 1 is 1.41 bits per heavy atom. The standard InChI is InChI=1S/C15H17ClN2O4/c1-21-9-10-11(16)4-2-5-12(10)18-15(20)17-8-13(19)14-6-3-7-22-14/h2-7,13,19H,8-9H2,1H3,(H2,17,18,20). The number of aliphatic hydroxyl groups excluding tert-OH is 1. The van der Waals surface area contributed by atoms with Gasteiger partial charge in [-0.25, -0.2) is 4.79 Å². The third-order valence-electron chi connectivity index (χ3n) is 2.98. The average Bonchev–Trinajstić information content (AvgIpc) is 3.03. The maximum Gasteiger partial charge on any atom is 0.319 e. The average molecular weight is 325 g/mol. The van der Waals surface area contributed by atoms with Gasteiger partial charge in [-0.3, -0.25) is 0 Å². The molecule has 7 heteroatoms. The van der Waals surface area contributed by atoms with Gasteiger partial charge in [0, 0.05) is 23.4 Å². The fourth-order valence-electron chi connectivity index (χ4n) is 1.90. The molecule has 0 saturated heterocycles. The molecule has 2 rings (SSSR count). The zero-order valence-electron chi connectivity index (χ0n) is 12.0. The highest BCUT2D eigenvalue weighted by atomic mass is 35.5. The van der Waals surface area contributed by atoms with Crippen molar-refractivity contribution in [1.29, 1.82) is 0 Å². The van der Waals surface area contributed by atoms with Crippen molar-refractivity contribution in [3.8, 4) is 0 Å². The number of carbonyl (C=O) groups excluding carboxylic acids is 1. The SMILES string of the molecule is COCc1c(Cl)cccc1NC(=O)NCC(O)c1ccco1. The van der Waals surface area contributed by atoms with E-state index in [4.69, 9.17) is 20.8 Å². The molecule has 22 heavy (non-hydrogen) atoms. The van der Waals surface area contributed by atoms with Gasteiger partial charge in [0.15, 0.2) is 0 Å². The number of furan rings is 1. The number of nitrogens with one attached hydrogen (secondary N) is 2. The molecule has 0 fully saturated rings. The molecule has 0 aliphatic rings. The molecule has 0 spiro atoms. The predicted molar refractivity (Wildman–Crippen MR) is 82.9 cm³/mol. The van der Waals surface area contributed by atoms with Gasteiger partial charge in [0.05, 0.1) is 19.4 Å². The highest BCUT2D eigenvalue weighted by Gasteiger charge is 2.13. The van der Waals surface area contributed by atoms with Crippen LogP contribution in [0.5, 0.6) is 0 Å². The maximum absolute atomic E-state index is 11.9. The van der Waals surface area contributed by atoms with Crippen molar-refractivity contribution in [2.24, 2.45) is 0 Å². The first-order valence-corrected chi connectivity index (χ1v) is 7.02. The minimum absolute atomic E-state index is 0.0273. The molecule has 1 atom stereocenters. The third-order valence-corrected chi connectivity index (χ3v) is 3.34. The zero-order chi connectivity index (χ0) is 15.9. The lowest BCUT2D eigenvalue weighted by molar-refractivity contribution is 0.149. The molecule has 1 unspecified atom stereocenters. The van der Waals surface area contributed by atoms with E-state index in [1.165, 1.54) is 6.26 Å². The van der Waals surface area contributed by atoms with Crippen molar-refractivity contribution in [1.82, 2.24) is 5.32 Å².